The Bertz CT molecular complexity index is 759. The van der Waals surface area contributed by atoms with Gasteiger partial charge in [0.15, 0.2) is 23.0 Å². The van der Waals surface area contributed by atoms with Crippen LogP contribution >= 0.6 is 0 Å². The average molecular weight is 299 g/mol. The number of ether oxygens (including phenoxy) is 3. The van der Waals surface area contributed by atoms with Crippen molar-refractivity contribution in [2.45, 2.75) is 0 Å². The Morgan fingerprint density at radius 2 is 1.95 bits per heavy atom. The third-order valence-corrected chi connectivity index (χ3v) is 3.06. The minimum Gasteiger partial charge on any atom is -0.493 e. The molecule has 0 aliphatic carbocycles. The van der Waals surface area contributed by atoms with E-state index in [0.29, 0.717) is 17.3 Å². The van der Waals surface area contributed by atoms with E-state index in [4.69, 9.17) is 18.6 Å². The second-order valence-electron chi connectivity index (χ2n) is 4.43. The molecule has 0 N–H and O–H groups in total. The predicted octanol–water partition coefficient (Wildman–Crippen LogP) is 2.64. The maximum absolute atomic E-state index is 11.9. The molecule has 6 nitrogen and oxygen atoms in total. The van der Waals surface area contributed by atoms with Crippen LogP contribution < -0.4 is 9.47 Å². The molecule has 0 saturated heterocycles. The fraction of sp³-hybridized carbons (Fsp3) is 0.125. The number of furan rings is 1. The lowest BCUT2D eigenvalue weighted by Crippen LogP contribution is -2.04. The van der Waals surface area contributed by atoms with Gasteiger partial charge in [-0.05, 0) is 35.9 Å². The van der Waals surface area contributed by atoms with Crippen LogP contribution in [0.15, 0.2) is 51.7 Å². The average Bonchev–Trinajstić information content (AvgIpc) is 3.17. The minimum absolute atomic E-state index is 0.154. The molecule has 3 rings (SSSR count). The number of aliphatic imine (C=N–C) groups is 1. The first-order valence-electron chi connectivity index (χ1n) is 6.49. The highest BCUT2D eigenvalue weighted by Crippen LogP contribution is 2.29. The molecule has 0 bridgehead atoms. The summed E-state index contributed by atoms with van der Waals surface area (Å²) in [6.45, 7) is 0. The Morgan fingerprint density at radius 3 is 2.64 bits per heavy atom. The second kappa shape index (κ2) is 5.77. The van der Waals surface area contributed by atoms with Crippen molar-refractivity contribution in [2.75, 3.05) is 14.2 Å². The highest BCUT2D eigenvalue weighted by molar-refractivity contribution is 6.11. The van der Waals surface area contributed by atoms with Gasteiger partial charge >= 0.3 is 5.97 Å². The predicted molar refractivity (Wildman–Crippen MR) is 78.9 cm³/mol. The van der Waals surface area contributed by atoms with Gasteiger partial charge in [-0.15, -0.1) is 0 Å². The van der Waals surface area contributed by atoms with Gasteiger partial charge in [0.25, 0.3) is 5.90 Å². The summed E-state index contributed by atoms with van der Waals surface area (Å²) in [6.07, 6.45) is 3.10. The molecule has 0 saturated carbocycles. The molecule has 6 heteroatoms. The molecule has 0 atom stereocenters. The molecule has 0 fully saturated rings. The number of cyclic esters (lactones) is 1. The lowest BCUT2D eigenvalue weighted by molar-refractivity contribution is -0.130. The first-order chi connectivity index (χ1) is 10.7. The van der Waals surface area contributed by atoms with Gasteiger partial charge in [-0.1, -0.05) is 6.07 Å². The van der Waals surface area contributed by atoms with Crippen molar-refractivity contribution in [2.24, 2.45) is 4.99 Å². The quantitative estimate of drug-likeness (QED) is 0.641. The van der Waals surface area contributed by atoms with E-state index in [2.05, 4.69) is 4.99 Å². The Kier molecular flexibility index (Phi) is 3.65. The van der Waals surface area contributed by atoms with Gasteiger partial charge in [0, 0.05) is 0 Å². The van der Waals surface area contributed by atoms with Crippen molar-refractivity contribution in [3.8, 4) is 11.5 Å². The van der Waals surface area contributed by atoms with E-state index in [0.717, 1.165) is 5.56 Å². The summed E-state index contributed by atoms with van der Waals surface area (Å²) < 4.78 is 20.6. The maximum atomic E-state index is 11.9. The lowest BCUT2D eigenvalue weighted by atomic mass is 10.1. The first-order valence-corrected chi connectivity index (χ1v) is 6.49. The van der Waals surface area contributed by atoms with Crippen LogP contribution in [0.25, 0.3) is 6.08 Å². The first kappa shape index (κ1) is 13.9. The van der Waals surface area contributed by atoms with E-state index >= 15 is 0 Å². The molecule has 0 spiro atoms. The van der Waals surface area contributed by atoms with E-state index in [-0.39, 0.29) is 11.6 Å². The molecule has 0 radical (unpaired) electrons. The van der Waals surface area contributed by atoms with Crippen LogP contribution in [0, 0.1) is 0 Å². The molecule has 0 amide bonds. The van der Waals surface area contributed by atoms with Gasteiger partial charge in [0.2, 0.25) is 0 Å². The third-order valence-electron chi connectivity index (χ3n) is 3.06. The van der Waals surface area contributed by atoms with Crippen molar-refractivity contribution in [3.05, 3.63) is 53.6 Å². The van der Waals surface area contributed by atoms with Gasteiger partial charge in [0.05, 0.1) is 20.5 Å². The third kappa shape index (κ3) is 2.58. The van der Waals surface area contributed by atoms with Crippen molar-refractivity contribution < 1.29 is 23.4 Å². The van der Waals surface area contributed by atoms with E-state index in [1.807, 2.05) is 0 Å². The van der Waals surface area contributed by atoms with Gasteiger partial charge in [-0.2, -0.15) is 0 Å². The molecule has 2 aromatic rings. The number of hydrogen-bond acceptors (Lipinski definition) is 6. The fourth-order valence-electron chi connectivity index (χ4n) is 2.02. The van der Waals surface area contributed by atoms with Gasteiger partial charge in [-0.25, -0.2) is 9.79 Å². The van der Waals surface area contributed by atoms with Crippen molar-refractivity contribution in [3.63, 3.8) is 0 Å². The summed E-state index contributed by atoms with van der Waals surface area (Å²) in [5.74, 6) is 1.21. The number of carbonyl (C=O) groups is 1. The van der Waals surface area contributed by atoms with Crippen LogP contribution in [0.2, 0.25) is 0 Å². The Balaban J connectivity index is 1.93. The molecule has 1 aromatic carbocycles. The molecule has 2 heterocycles. The molecule has 0 unspecified atom stereocenters. The molecule has 1 aromatic heterocycles. The topological polar surface area (TPSA) is 70.3 Å². The summed E-state index contributed by atoms with van der Waals surface area (Å²) in [5.41, 5.74) is 0.938. The highest BCUT2D eigenvalue weighted by atomic mass is 16.6. The fourth-order valence-corrected chi connectivity index (χ4v) is 2.02. The summed E-state index contributed by atoms with van der Waals surface area (Å²) in [4.78, 5) is 16.0. The normalized spacial score (nSPS) is 15.6. The summed E-state index contributed by atoms with van der Waals surface area (Å²) in [5, 5.41) is 0. The molecular formula is C16H13NO5. The van der Waals surface area contributed by atoms with Gasteiger partial charge in [-0.3, -0.25) is 0 Å². The molecule has 22 heavy (non-hydrogen) atoms. The van der Waals surface area contributed by atoms with E-state index in [1.54, 1.807) is 50.6 Å². The van der Waals surface area contributed by atoms with Crippen LogP contribution in [-0.2, 0) is 9.53 Å². The number of nitrogens with zero attached hydrogens (tertiary/aromatic N) is 1. The SMILES string of the molecule is COc1ccc(C=C2N=C(c3ccco3)OC2=O)cc1OC. The lowest BCUT2D eigenvalue weighted by Gasteiger charge is -2.07. The van der Waals surface area contributed by atoms with Gasteiger partial charge < -0.3 is 18.6 Å². The number of carbonyl (C=O) groups excluding carboxylic acids is 1. The zero-order valence-electron chi connectivity index (χ0n) is 12.0. The van der Waals surface area contributed by atoms with Crippen LogP contribution in [-0.4, -0.2) is 26.1 Å². The van der Waals surface area contributed by atoms with Crippen LogP contribution in [0.5, 0.6) is 11.5 Å². The standard InChI is InChI=1S/C16H13NO5/c1-19-12-6-5-10(9-14(12)20-2)8-11-16(18)22-15(17-11)13-4-3-7-21-13/h3-9H,1-2H3. The molecule has 1 aliphatic rings. The van der Waals surface area contributed by atoms with Gasteiger partial charge in [0.1, 0.15) is 0 Å². The smallest absolute Gasteiger partial charge is 0.363 e. The molecule has 112 valence electrons. The number of methoxy groups -OCH3 is 2. The highest BCUT2D eigenvalue weighted by Gasteiger charge is 2.25. The minimum atomic E-state index is -0.527. The van der Waals surface area contributed by atoms with E-state index in [1.165, 1.54) is 6.26 Å². The van der Waals surface area contributed by atoms with Crippen LogP contribution in [0.1, 0.15) is 11.3 Å². The number of benzene rings is 1. The van der Waals surface area contributed by atoms with E-state index < -0.39 is 5.97 Å². The molecule has 1 aliphatic heterocycles. The zero-order valence-corrected chi connectivity index (χ0v) is 12.0. The summed E-state index contributed by atoms with van der Waals surface area (Å²) in [6, 6.07) is 8.66. The van der Waals surface area contributed by atoms with Crippen molar-refractivity contribution in [1.82, 2.24) is 0 Å². The second-order valence-corrected chi connectivity index (χ2v) is 4.43. The van der Waals surface area contributed by atoms with Crippen LogP contribution in [0.3, 0.4) is 0 Å². The Hall–Kier alpha value is -3.02. The number of esters is 1. The molecular weight excluding hydrogens is 286 g/mol. The largest absolute Gasteiger partial charge is 0.493 e. The summed E-state index contributed by atoms with van der Waals surface area (Å²) >= 11 is 0. The Morgan fingerprint density at radius 1 is 1.14 bits per heavy atom. The van der Waals surface area contributed by atoms with Crippen LogP contribution in [0.4, 0.5) is 0 Å². The van der Waals surface area contributed by atoms with E-state index in [9.17, 15) is 4.79 Å². The summed E-state index contributed by atoms with van der Waals surface area (Å²) in [7, 11) is 3.11. The van der Waals surface area contributed by atoms with Crippen molar-refractivity contribution in [1.29, 1.82) is 0 Å². The van der Waals surface area contributed by atoms with Crippen molar-refractivity contribution >= 4 is 17.9 Å². The maximum Gasteiger partial charge on any atom is 0.363 e. The monoisotopic (exact) mass is 299 g/mol. The zero-order chi connectivity index (χ0) is 15.5. The Labute approximate surface area is 126 Å². The number of hydrogen-bond donors (Lipinski definition) is 0. The number of rotatable bonds is 4.